The molecule has 7 heteroatoms. The number of anilines is 1. The highest BCUT2D eigenvalue weighted by atomic mass is 32.2. The van der Waals surface area contributed by atoms with E-state index in [1.54, 1.807) is 12.1 Å². The molecule has 0 aromatic heterocycles. The second-order valence-electron chi connectivity index (χ2n) is 8.47. The first-order chi connectivity index (χ1) is 14.2. The average molecular weight is 429 g/mol. The molecule has 2 aliphatic rings. The Morgan fingerprint density at radius 2 is 1.80 bits per heavy atom. The highest BCUT2D eigenvalue weighted by Crippen LogP contribution is 2.35. The first-order valence-electron chi connectivity index (χ1n) is 10.3. The smallest absolute Gasteiger partial charge is 0.232 e. The molecule has 30 heavy (non-hydrogen) atoms. The number of carbonyl (C=O) groups excluding carboxylic acids is 1. The van der Waals surface area contributed by atoms with Crippen molar-refractivity contribution >= 4 is 21.5 Å². The van der Waals surface area contributed by atoms with E-state index < -0.39 is 15.6 Å². The van der Waals surface area contributed by atoms with Crippen molar-refractivity contribution in [1.29, 1.82) is 0 Å². The molecule has 0 spiro atoms. The van der Waals surface area contributed by atoms with Crippen molar-refractivity contribution in [3.8, 4) is 0 Å². The summed E-state index contributed by atoms with van der Waals surface area (Å²) in [6.45, 7) is 4.06. The van der Waals surface area contributed by atoms with Gasteiger partial charge >= 0.3 is 0 Å². The number of likely N-dealkylation sites (tertiary alicyclic amines) is 1. The standard InChI is InChI=1S/C23H28N2O4S/c1-17-5-3-4-6-20(17)23(27)10-13-24(14-11-23)16-22(26)19-7-8-21-18(15-19)9-12-25(21)30(2,28)29/h3-8,15,27H,9-14,16H2,1-2H3. The third-order valence-corrected chi connectivity index (χ3v) is 7.53. The lowest BCUT2D eigenvalue weighted by molar-refractivity contribution is -0.0249. The molecule has 2 aromatic rings. The Bertz CT molecular complexity index is 1070. The number of hydrogen-bond acceptors (Lipinski definition) is 5. The zero-order valence-corrected chi connectivity index (χ0v) is 18.3. The minimum absolute atomic E-state index is 0.0249. The fraction of sp³-hybridized carbons (Fsp3) is 0.435. The van der Waals surface area contributed by atoms with Gasteiger partial charge in [-0.1, -0.05) is 24.3 Å². The molecule has 1 fully saturated rings. The van der Waals surface area contributed by atoms with Crippen molar-refractivity contribution in [2.75, 3.05) is 36.7 Å². The van der Waals surface area contributed by atoms with Gasteiger partial charge in [0, 0.05) is 25.2 Å². The number of hydrogen-bond donors (Lipinski definition) is 1. The molecule has 6 nitrogen and oxygen atoms in total. The molecule has 0 unspecified atom stereocenters. The molecule has 2 heterocycles. The summed E-state index contributed by atoms with van der Waals surface area (Å²) in [7, 11) is -3.29. The minimum Gasteiger partial charge on any atom is -0.385 e. The minimum atomic E-state index is -3.29. The summed E-state index contributed by atoms with van der Waals surface area (Å²) in [5.41, 5.74) is 3.42. The number of aryl methyl sites for hydroxylation is 1. The van der Waals surface area contributed by atoms with E-state index >= 15 is 0 Å². The van der Waals surface area contributed by atoms with Gasteiger partial charge in [0.2, 0.25) is 10.0 Å². The van der Waals surface area contributed by atoms with E-state index in [2.05, 4.69) is 4.90 Å². The van der Waals surface area contributed by atoms with Crippen LogP contribution in [0.15, 0.2) is 42.5 Å². The van der Waals surface area contributed by atoms with Gasteiger partial charge < -0.3 is 5.11 Å². The van der Waals surface area contributed by atoms with Crippen LogP contribution in [-0.2, 0) is 22.0 Å². The lowest BCUT2D eigenvalue weighted by atomic mass is 9.82. The van der Waals surface area contributed by atoms with Crippen LogP contribution in [0.3, 0.4) is 0 Å². The predicted octanol–water partition coefficient (Wildman–Crippen LogP) is 2.48. The van der Waals surface area contributed by atoms with Gasteiger partial charge in [0.15, 0.2) is 5.78 Å². The third kappa shape index (κ3) is 4.02. The van der Waals surface area contributed by atoms with E-state index in [-0.39, 0.29) is 5.78 Å². The van der Waals surface area contributed by atoms with Crippen molar-refractivity contribution < 1.29 is 18.3 Å². The summed E-state index contributed by atoms with van der Waals surface area (Å²) in [5, 5.41) is 11.1. The lowest BCUT2D eigenvalue weighted by Crippen LogP contribution is -2.44. The lowest BCUT2D eigenvalue weighted by Gasteiger charge is -2.39. The highest BCUT2D eigenvalue weighted by molar-refractivity contribution is 7.92. The Balaban J connectivity index is 1.41. The number of rotatable bonds is 5. The van der Waals surface area contributed by atoms with Crippen molar-refractivity contribution in [2.45, 2.75) is 31.8 Å². The number of piperidine rings is 1. The van der Waals surface area contributed by atoms with E-state index in [4.69, 9.17) is 0 Å². The number of benzene rings is 2. The molecule has 2 aliphatic heterocycles. The van der Waals surface area contributed by atoms with Gasteiger partial charge in [0.1, 0.15) is 0 Å². The Kier molecular flexibility index (Phi) is 5.46. The molecule has 0 aliphatic carbocycles. The van der Waals surface area contributed by atoms with Crippen LogP contribution in [0.2, 0.25) is 0 Å². The first kappa shape index (κ1) is 21.0. The molecular weight excluding hydrogens is 400 g/mol. The topological polar surface area (TPSA) is 77.9 Å². The van der Waals surface area contributed by atoms with Crippen molar-refractivity contribution in [3.05, 3.63) is 64.7 Å². The number of ketones is 1. The van der Waals surface area contributed by atoms with Crippen LogP contribution in [0.5, 0.6) is 0 Å². The number of nitrogens with zero attached hydrogens (tertiary/aromatic N) is 2. The Labute approximate surface area is 178 Å². The molecule has 4 rings (SSSR count). The number of fused-ring (bicyclic) bond motifs is 1. The predicted molar refractivity (Wildman–Crippen MR) is 117 cm³/mol. The zero-order valence-electron chi connectivity index (χ0n) is 17.5. The third-order valence-electron chi connectivity index (χ3n) is 6.35. The van der Waals surface area contributed by atoms with Crippen LogP contribution in [0.4, 0.5) is 5.69 Å². The second-order valence-corrected chi connectivity index (χ2v) is 10.4. The van der Waals surface area contributed by atoms with Gasteiger partial charge in [-0.15, -0.1) is 0 Å². The van der Waals surface area contributed by atoms with Crippen molar-refractivity contribution in [2.24, 2.45) is 0 Å². The van der Waals surface area contributed by atoms with Crippen LogP contribution in [0, 0.1) is 6.92 Å². The molecule has 0 amide bonds. The van der Waals surface area contributed by atoms with Gasteiger partial charge in [-0.2, -0.15) is 0 Å². The highest BCUT2D eigenvalue weighted by Gasteiger charge is 2.35. The van der Waals surface area contributed by atoms with E-state index in [0.29, 0.717) is 56.7 Å². The fourth-order valence-electron chi connectivity index (χ4n) is 4.63. The molecular formula is C23H28N2O4S. The van der Waals surface area contributed by atoms with Crippen LogP contribution >= 0.6 is 0 Å². The average Bonchev–Trinajstić information content (AvgIpc) is 3.14. The normalized spacial score (nSPS) is 19.0. The molecule has 0 radical (unpaired) electrons. The van der Waals surface area contributed by atoms with Crippen LogP contribution < -0.4 is 4.31 Å². The summed E-state index contributed by atoms with van der Waals surface area (Å²) in [4.78, 5) is 14.9. The van der Waals surface area contributed by atoms with E-state index in [0.717, 1.165) is 16.7 Å². The second kappa shape index (κ2) is 7.80. The van der Waals surface area contributed by atoms with Gasteiger partial charge in [0.05, 0.1) is 24.1 Å². The Morgan fingerprint density at radius 3 is 2.47 bits per heavy atom. The Hall–Kier alpha value is -2.22. The summed E-state index contributed by atoms with van der Waals surface area (Å²) in [6, 6.07) is 13.2. The van der Waals surface area contributed by atoms with Gasteiger partial charge in [-0.05, 0) is 61.1 Å². The summed E-state index contributed by atoms with van der Waals surface area (Å²) in [5.74, 6) is 0.0249. The SMILES string of the molecule is Cc1ccccc1C1(O)CCN(CC(=O)c2ccc3c(c2)CCN3S(C)(=O)=O)CC1. The van der Waals surface area contributed by atoms with Gasteiger partial charge in [-0.3, -0.25) is 14.0 Å². The number of carbonyl (C=O) groups is 1. The van der Waals surface area contributed by atoms with Crippen LogP contribution in [-0.4, -0.2) is 56.6 Å². The maximum absolute atomic E-state index is 12.8. The molecule has 1 saturated heterocycles. The summed E-state index contributed by atoms with van der Waals surface area (Å²) < 4.78 is 25.2. The van der Waals surface area contributed by atoms with E-state index in [1.165, 1.54) is 10.6 Å². The molecule has 0 atom stereocenters. The zero-order chi connectivity index (χ0) is 21.5. The Morgan fingerprint density at radius 1 is 1.10 bits per heavy atom. The van der Waals surface area contributed by atoms with Crippen LogP contribution in [0.25, 0.3) is 0 Å². The molecule has 2 aromatic carbocycles. The fourth-order valence-corrected chi connectivity index (χ4v) is 5.59. The molecule has 0 bridgehead atoms. The van der Waals surface area contributed by atoms with Gasteiger partial charge in [-0.25, -0.2) is 8.42 Å². The maximum atomic E-state index is 12.8. The number of sulfonamides is 1. The first-order valence-corrected chi connectivity index (χ1v) is 12.2. The van der Waals surface area contributed by atoms with Gasteiger partial charge in [0.25, 0.3) is 0 Å². The largest absolute Gasteiger partial charge is 0.385 e. The van der Waals surface area contributed by atoms with Crippen LogP contribution in [0.1, 0.15) is 39.9 Å². The van der Waals surface area contributed by atoms with E-state index in [1.807, 2.05) is 37.3 Å². The summed E-state index contributed by atoms with van der Waals surface area (Å²) >= 11 is 0. The summed E-state index contributed by atoms with van der Waals surface area (Å²) in [6.07, 6.45) is 3.02. The maximum Gasteiger partial charge on any atom is 0.232 e. The molecule has 0 saturated carbocycles. The number of aliphatic hydroxyl groups is 1. The van der Waals surface area contributed by atoms with Crippen molar-refractivity contribution in [1.82, 2.24) is 4.90 Å². The monoisotopic (exact) mass is 428 g/mol. The molecule has 1 N–H and O–H groups in total. The van der Waals surface area contributed by atoms with E-state index in [9.17, 15) is 18.3 Å². The van der Waals surface area contributed by atoms with Crippen molar-refractivity contribution in [3.63, 3.8) is 0 Å². The quantitative estimate of drug-likeness (QED) is 0.741. The molecule has 160 valence electrons. The number of Topliss-reactive ketones (excluding diaryl/α,β-unsaturated/α-hetero) is 1.